The van der Waals surface area contributed by atoms with Gasteiger partial charge in [-0.2, -0.15) is 5.21 Å². The second-order valence-corrected chi connectivity index (χ2v) is 4.44. The maximum atomic E-state index is 4.23. The molecule has 0 fully saturated rings. The lowest BCUT2D eigenvalue weighted by atomic mass is 9.83. The Balaban J connectivity index is 2.41. The van der Waals surface area contributed by atoms with E-state index < -0.39 is 0 Å². The first-order valence-electron chi connectivity index (χ1n) is 5.33. The Labute approximate surface area is 94.3 Å². The van der Waals surface area contributed by atoms with Crippen molar-refractivity contribution >= 4 is 0 Å². The zero-order valence-electron chi connectivity index (χ0n) is 9.73. The highest BCUT2D eigenvalue weighted by Crippen LogP contribution is 2.28. The van der Waals surface area contributed by atoms with Crippen molar-refractivity contribution in [2.45, 2.75) is 32.6 Å². The molecule has 0 unspecified atom stereocenters. The number of hydrogen-bond acceptors (Lipinski definition) is 4. The van der Waals surface area contributed by atoms with Crippen molar-refractivity contribution in [2.24, 2.45) is 0 Å². The molecule has 2 heterocycles. The van der Waals surface area contributed by atoms with Crippen LogP contribution in [0.5, 0.6) is 0 Å². The number of pyridine rings is 1. The zero-order valence-corrected chi connectivity index (χ0v) is 9.73. The van der Waals surface area contributed by atoms with E-state index in [1.165, 1.54) is 5.56 Å². The number of rotatable bonds is 3. The number of aromatic nitrogens is 5. The molecule has 0 aliphatic carbocycles. The van der Waals surface area contributed by atoms with Gasteiger partial charge in [-0.15, -0.1) is 10.2 Å². The van der Waals surface area contributed by atoms with Crippen molar-refractivity contribution in [3.63, 3.8) is 0 Å². The highest BCUT2D eigenvalue weighted by Gasteiger charge is 2.19. The quantitative estimate of drug-likeness (QED) is 0.853. The summed E-state index contributed by atoms with van der Waals surface area (Å²) in [7, 11) is 0. The Morgan fingerprint density at radius 2 is 2.12 bits per heavy atom. The second-order valence-electron chi connectivity index (χ2n) is 4.44. The molecule has 0 aromatic carbocycles. The standard InChI is InChI=1S/C11H15N5/c1-4-11(2,3)9-5-8(6-12-7-9)10-13-15-16-14-10/h5-7H,4H2,1-3H3,(H,13,14,15,16). The predicted molar refractivity (Wildman–Crippen MR) is 60.7 cm³/mol. The molecular weight excluding hydrogens is 202 g/mol. The Morgan fingerprint density at radius 1 is 1.31 bits per heavy atom. The smallest absolute Gasteiger partial charge is 0.206 e. The van der Waals surface area contributed by atoms with Gasteiger partial charge in [0.25, 0.3) is 0 Å². The molecule has 0 spiro atoms. The summed E-state index contributed by atoms with van der Waals surface area (Å²) >= 11 is 0. The number of H-pyrrole nitrogens is 1. The van der Waals surface area contributed by atoms with Crippen LogP contribution in [0.2, 0.25) is 0 Å². The number of aromatic amines is 1. The van der Waals surface area contributed by atoms with E-state index in [1.54, 1.807) is 6.20 Å². The molecule has 0 bridgehead atoms. The van der Waals surface area contributed by atoms with Gasteiger partial charge in [-0.1, -0.05) is 20.8 Å². The van der Waals surface area contributed by atoms with Gasteiger partial charge in [0.15, 0.2) is 0 Å². The van der Waals surface area contributed by atoms with Crippen LogP contribution >= 0.6 is 0 Å². The lowest BCUT2D eigenvalue weighted by Crippen LogP contribution is -2.15. The van der Waals surface area contributed by atoms with Gasteiger partial charge in [0.05, 0.1) is 0 Å². The summed E-state index contributed by atoms with van der Waals surface area (Å²) in [6.45, 7) is 6.56. The van der Waals surface area contributed by atoms with Crippen LogP contribution in [-0.4, -0.2) is 25.6 Å². The van der Waals surface area contributed by atoms with Gasteiger partial charge in [0.1, 0.15) is 0 Å². The van der Waals surface area contributed by atoms with Gasteiger partial charge < -0.3 is 0 Å². The largest absolute Gasteiger partial charge is 0.264 e. The normalized spacial score (nSPS) is 11.7. The SMILES string of the molecule is CCC(C)(C)c1cncc(-c2nn[nH]n2)c1. The monoisotopic (exact) mass is 217 g/mol. The van der Waals surface area contributed by atoms with E-state index in [9.17, 15) is 0 Å². The van der Waals surface area contributed by atoms with Crippen molar-refractivity contribution < 1.29 is 0 Å². The molecule has 2 aromatic heterocycles. The number of hydrogen-bond donors (Lipinski definition) is 1. The predicted octanol–water partition coefficient (Wildman–Crippen LogP) is 1.95. The highest BCUT2D eigenvalue weighted by molar-refractivity contribution is 5.53. The van der Waals surface area contributed by atoms with Gasteiger partial charge in [-0.25, -0.2) is 0 Å². The van der Waals surface area contributed by atoms with E-state index in [-0.39, 0.29) is 5.41 Å². The van der Waals surface area contributed by atoms with Crippen LogP contribution in [0.4, 0.5) is 0 Å². The first-order chi connectivity index (χ1) is 7.63. The molecule has 2 rings (SSSR count). The minimum atomic E-state index is 0.118. The van der Waals surface area contributed by atoms with E-state index in [2.05, 4.69) is 52.4 Å². The molecule has 0 radical (unpaired) electrons. The minimum Gasteiger partial charge on any atom is -0.264 e. The fraction of sp³-hybridized carbons (Fsp3) is 0.455. The third-order valence-electron chi connectivity index (χ3n) is 3.01. The third-order valence-corrected chi connectivity index (χ3v) is 3.01. The number of tetrazole rings is 1. The van der Waals surface area contributed by atoms with Crippen LogP contribution in [0.3, 0.4) is 0 Å². The molecule has 1 N–H and O–H groups in total. The first-order valence-corrected chi connectivity index (χ1v) is 5.33. The Hall–Kier alpha value is -1.78. The lowest BCUT2D eigenvalue weighted by Gasteiger charge is -2.22. The summed E-state index contributed by atoms with van der Waals surface area (Å²) in [5.74, 6) is 0.584. The van der Waals surface area contributed by atoms with Gasteiger partial charge in [-0.05, 0) is 28.7 Å². The molecule has 5 nitrogen and oxygen atoms in total. The average Bonchev–Trinajstić information content (AvgIpc) is 2.83. The highest BCUT2D eigenvalue weighted by atomic mass is 15.5. The molecule has 2 aromatic rings. The molecule has 0 aliphatic rings. The Morgan fingerprint density at radius 3 is 2.75 bits per heavy atom. The third kappa shape index (κ3) is 1.93. The van der Waals surface area contributed by atoms with E-state index in [1.807, 2.05) is 6.20 Å². The lowest BCUT2D eigenvalue weighted by molar-refractivity contribution is 0.504. The van der Waals surface area contributed by atoms with Crippen LogP contribution in [0.1, 0.15) is 32.8 Å². The molecule has 0 amide bonds. The molecule has 84 valence electrons. The van der Waals surface area contributed by atoms with Crippen molar-refractivity contribution in [2.75, 3.05) is 0 Å². The van der Waals surface area contributed by atoms with Crippen molar-refractivity contribution in [3.05, 3.63) is 24.0 Å². The topological polar surface area (TPSA) is 67.3 Å². The summed E-state index contributed by atoms with van der Waals surface area (Å²) < 4.78 is 0. The van der Waals surface area contributed by atoms with E-state index >= 15 is 0 Å². The van der Waals surface area contributed by atoms with Crippen molar-refractivity contribution in [1.82, 2.24) is 25.6 Å². The molecular formula is C11H15N5. The fourth-order valence-electron chi connectivity index (χ4n) is 1.42. The number of nitrogens with one attached hydrogen (secondary N) is 1. The van der Waals surface area contributed by atoms with Crippen LogP contribution < -0.4 is 0 Å². The van der Waals surface area contributed by atoms with Crippen molar-refractivity contribution in [1.29, 1.82) is 0 Å². The molecule has 5 heteroatoms. The maximum absolute atomic E-state index is 4.23. The average molecular weight is 217 g/mol. The molecule has 0 saturated carbocycles. The second kappa shape index (κ2) is 4.00. The summed E-state index contributed by atoms with van der Waals surface area (Å²) in [6.07, 6.45) is 4.71. The van der Waals surface area contributed by atoms with E-state index in [4.69, 9.17) is 0 Å². The summed E-state index contributed by atoms with van der Waals surface area (Å²) in [5, 5.41) is 13.9. The maximum Gasteiger partial charge on any atom is 0.206 e. The Bertz CT molecular complexity index is 461. The van der Waals surface area contributed by atoms with Gasteiger partial charge in [-0.3, -0.25) is 4.98 Å². The minimum absolute atomic E-state index is 0.118. The summed E-state index contributed by atoms with van der Waals surface area (Å²) in [4.78, 5) is 4.23. The van der Waals surface area contributed by atoms with E-state index in [0.717, 1.165) is 12.0 Å². The zero-order chi connectivity index (χ0) is 11.6. The molecule has 0 aliphatic heterocycles. The molecule has 16 heavy (non-hydrogen) atoms. The van der Waals surface area contributed by atoms with Crippen LogP contribution in [0.25, 0.3) is 11.4 Å². The summed E-state index contributed by atoms with van der Waals surface area (Å²) in [6, 6.07) is 2.07. The van der Waals surface area contributed by atoms with E-state index in [0.29, 0.717) is 5.82 Å². The summed E-state index contributed by atoms with van der Waals surface area (Å²) in [5.41, 5.74) is 2.21. The van der Waals surface area contributed by atoms with Crippen molar-refractivity contribution in [3.8, 4) is 11.4 Å². The van der Waals surface area contributed by atoms with Crippen LogP contribution in [0, 0.1) is 0 Å². The van der Waals surface area contributed by atoms with Crippen LogP contribution in [0.15, 0.2) is 18.5 Å². The van der Waals surface area contributed by atoms with Gasteiger partial charge in [0.2, 0.25) is 5.82 Å². The molecule has 0 atom stereocenters. The molecule has 0 saturated heterocycles. The first kappa shape index (κ1) is 10.7. The van der Waals surface area contributed by atoms with Gasteiger partial charge >= 0.3 is 0 Å². The number of nitrogens with zero attached hydrogens (tertiary/aromatic N) is 4. The Kier molecular flexibility index (Phi) is 2.68. The van der Waals surface area contributed by atoms with Crippen LogP contribution in [-0.2, 0) is 5.41 Å². The van der Waals surface area contributed by atoms with Gasteiger partial charge in [0, 0.05) is 18.0 Å². The fourth-order valence-corrected chi connectivity index (χ4v) is 1.42.